The Kier molecular flexibility index (Phi) is 13.2. The van der Waals surface area contributed by atoms with Gasteiger partial charge in [-0.25, -0.2) is 18.1 Å². The molecule has 0 saturated heterocycles. The Bertz CT molecular complexity index is 698. The van der Waals surface area contributed by atoms with Crippen LogP contribution in [-0.2, 0) is 30.8 Å². The average Bonchev–Trinajstić information content (AvgIpc) is 2.71. The third kappa shape index (κ3) is 11.1. The zero-order valence-electron chi connectivity index (χ0n) is 17.6. The van der Waals surface area contributed by atoms with Crippen molar-refractivity contribution >= 4 is 16.0 Å². The van der Waals surface area contributed by atoms with Gasteiger partial charge in [-0.1, -0.05) is 12.1 Å². The second-order valence-corrected chi connectivity index (χ2v) is 7.89. The molecule has 0 aromatic heterocycles. The molecule has 0 atom stereocenters. The highest BCUT2D eigenvalue weighted by Crippen LogP contribution is 2.12. The van der Waals surface area contributed by atoms with Gasteiger partial charge in [0, 0.05) is 40.5 Å². The van der Waals surface area contributed by atoms with E-state index in [1.54, 1.807) is 25.3 Å². The fourth-order valence-corrected chi connectivity index (χ4v) is 3.39. The molecule has 3 N–H and O–H groups in total. The van der Waals surface area contributed by atoms with Crippen molar-refractivity contribution in [2.24, 2.45) is 4.99 Å². The highest BCUT2D eigenvalue weighted by atomic mass is 32.2. The first-order chi connectivity index (χ1) is 14.0. The van der Waals surface area contributed by atoms with Crippen LogP contribution in [0.2, 0.25) is 0 Å². The van der Waals surface area contributed by atoms with Crippen LogP contribution in [-0.4, -0.2) is 74.7 Å². The summed E-state index contributed by atoms with van der Waals surface area (Å²) in [5.41, 5.74) is 0.805. The normalized spacial score (nSPS) is 12.2. The molecule has 1 rings (SSSR count). The van der Waals surface area contributed by atoms with Gasteiger partial charge in [0.1, 0.15) is 0 Å². The molecule has 0 spiro atoms. The molecule has 0 aliphatic heterocycles. The molecule has 1 aromatic rings. The average molecular weight is 431 g/mol. The topological polar surface area (TPSA) is 110 Å². The molecule has 0 saturated carbocycles. The molecule has 0 aliphatic rings. The number of hydrogen-bond acceptors (Lipinski definition) is 6. The maximum absolute atomic E-state index is 12.3. The first-order valence-electron chi connectivity index (χ1n) is 9.70. The van der Waals surface area contributed by atoms with Crippen LogP contribution in [0.3, 0.4) is 0 Å². The van der Waals surface area contributed by atoms with Crippen molar-refractivity contribution in [3.8, 4) is 0 Å². The zero-order valence-corrected chi connectivity index (χ0v) is 18.4. The van der Waals surface area contributed by atoms with Gasteiger partial charge in [-0.2, -0.15) is 0 Å². The summed E-state index contributed by atoms with van der Waals surface area (Å²) in [4.78, 5) is 4.74. The number of guanidine groups is 1. The van der Waals surface area contributed by atoms with Gasteiger partial charge in [-0.3, -0.25) is 0 Å². The van der Waals surface area contributed by atoms with E-state index < -0.39 is 10.0 Å². The first-order valence-corrected chi connectivity index (χ1v) is 11.2. The lowest BCUT2D eigenvalue weighted by molar-refractivity contribution is 0.0698. The maximum Gasteiger partial charge on any atom is 0.240 e. The van der Waals surface area contributed by atoms with Crippen LogP contribution in [0.15, 0.2) is 34.2 Å². The molecule has 166 valence electrons. The number of aliphatic imine (C=N–C) groups is 1. The number of nitrogens with zero attached hydrogens (tertiary/aromatic N) is 1. The Balaban J connectivity index is 2.58. The Morgan fingerprint density at radius 2 is 1.83 bits per heavy atom. The second-order valence-electron chi connectivity index (χ2n) is 6.12. The molecule has 0 bridgehead atoms. The SMILES string of the molecule is CCNC(=NCc1cccc(S(=O)(=O)NCCOC)c1)NCCCOCCOC. The predicted octanol–water partition coefficient (Wildman–Crippen LogP) is 0.720. The molecule has 0 aliphatic carbocycles. The van der Waals surface area contributed by atoms with Crippen LogP contribution in [0.25, 0.3) is 0 Å². The van der Waals surface area contributed by atoms with Gasteiger partial charge < -0.3 is 24.8 Å². The smallest absolute Gasteiger partial charge is 0.240 e. The molecule has 0 fully saturated rings. The molecular weight excluding hydrogens is 396 g/mol. The fourth-order valence-electron chi connectivity index (χ4n) is 2.31. The summed E-state index contributed by atoms with van der Waals surface area (Å²) < 4.78 is 42.4. The summed E-state index contributed by atoms with van der Waals surface area (Å²) in [6.07, 6.45) is 0.842. The molecule has 0 amide bonds. The van der Waals surface area contributed by atoms with Crippen LogP contribution in [0.1, 0.15) is 18.9 Å². The Morgan fingerprint density at radius 3 is 2.55 bits per heavy atom. The molecule has 10 heteroatoms. The van der Waals surface area contributed by atoms with Crippen LogP contribution >= 0.6 is 0 Å². The quantitative estimate of drug-likeness (QED) is 0.214. The van der Waals surface area contributed by atoms with E-state index in [9.17, 15) is 8.42 Å². The van der Waals surface area contributed by atoms with Crippen molar-refractivity contribution in [3.05, 3.63) is 29.8 Å². The number of rotatable bonds is 15. The fraction of sp³-hybridized carbons (Fsp3) is 0.632. The van der Waals surface area contributed by atoms with Crippen molar-refractivity contribution < 1.29 is 22.6 Å². The van der Waals surface area contributed by atoms with Crippen LogP contribution in [0.4, 0.5) is 0 Å². The highest BCUT2D eigenvalue weighted by Gasteiger charge is 2.13. The van der Waals surface area contributed by atoms with E-state index in [4.69, 9.17) is 14.2 Å². The van der Waals surface area contributed by atoms with E-state index in [1.807, 2.05) is 13.0 Å². The summed E-state index contributed by atoms with van der Waals surface area (Å²) in [5, 5.41) is 6.42. The van der Waals surface area contributed by atoms with Gasteiger partial charge in [0.2, 0.25) is 10.0 Å². The van der Waals surface area contributed by atoms with Crippen LogP contribution in [0, 0.1) is 0 Å². The van der Waals surface area contributed by atoms with E-state index in [0.29, 0.717) is 38.9 Å². The van der Waals surface area contributed by atoms with Crippen molar-refractivity contribution in [3.63, 3.8) is 0 Å². The van der Waals surface area contributed by atoms with Gasteiger partial charge in [0.25, 0.3) is 0 Å². The second kappa shape index (κ2) is 15.2. The van der Waals surface area contributed by atoms with Gasteiger partial charge in [0.15, 0.2) is 5.96 Å². The van der Waals surface area contributed by atoms with Crippen LogP contribution < -0.4 is 15.4 Å². The van der Waals surface area contributed by atoms with Crippen molar-refractivity contribution in [1.82, 2.24) is 15.4 Å². The van der Waals surface area contributed by atoms with E-state index in [1.165, 1.54) is 7.11 Å². The molecule has 1 aromatic carbocycles. The van der Waals surface area contributed by atoms with Gasteiger partial charge >= 0.3 is 0 Å². The minimum Gasteiger partial charge on any atom is -0.383 e. The third-order valence-electron chi connectivity index (χ3n) is 3.76. The lowest BCUT2D eigenvalue weighted by Crippen LogP contribution is -2.38. The number of nitrogens with one attached hydrogen (secondary N) is 3. The van der Waals surface area contributed by atoms with E-state index in [0.717, 1.165) is 25.1 Å². The maximum atomic E-state index is 12.3. The number of ether oxygens (including phenoxy) is 3. The Labute approximate surface area is 174 Å². The predicted molar refractivity (Wildman–Crippen MR) is 114 cm³/mol. The van der Waals surface area contributed by atoms with Gasteiger partial charge in [-0.05, 0) is 31.0 Å². The van der Waals surface area contributed by atoms with Crippen molar-refractivity contribution in [2.45, 2.75) is 24.8 Å². The standard InChI is InChI=1S/C19H34N4O5S/c1-4-20-19(21-9-6-11-28-14-13-27-3)22-16-17-7-5-8-18(15-17)29(24,25)23-10-12-26-2/h5,7-8,15,23H,4,6,9-14,16H2,1-3H3,(H2,20,21,22). The minimum absolute atomic E-state index is 0.215. The molecule has 0 unspecified atom stereocenters. The number of benzene rings is 1. The van der Waals surface area contributed by atoms with Crippen molar-refractivity contribution in [1.29, 1.82) is 0 Å². The molecule has 0 radical (unpaired) electrons. The van der Waals surface area contributed by atoms with E-state index in [2.05, 4.69) is 20.3 Å². The molecule has 29 heavy (non-hydrogen) atoms. The summed E-state index contributed by atoms with van der Waals surface area (Å²) >= 11 is 0. The van der Waals surface area contributed by atoms with Crippen molar-refractivity contribution in [2.75, 3.05) is 60.3 Å². The van der Waals surface area contributed by atoms with Crippen LogP contribution in [0.5, 0.6) is 0 Å². The Morgan fingerprint density at radius 1 is 1.03 bits per heavy atom. The largest absolute Gasteiger partial charge is 0.383 e. The third-order valence-corrected chi connectivity index (χ3v) is 5.22. The monoisotopic (exact) mass is 430 g/mol. The van der Waals surface area contributed by atoms with Gasteiger partial charge in [-0.15, -0.1) is 0 Å². The minimum atomic E-state index is -3.56. The lowest BCUT2D eigenvalue weighted by atomic mass is 10.2. The first kappa shape index (κ1) is 25.3. The van der Waals surface area contributed by atoms with Gasteiger partial charge in [0.05, 0.1) is 31.3 Å². The lowest BCUT2D eigenvalue weighted by Gasteiger charge is -2.12. The molecular formula is C19H34N4O5S. The summed E-state index contributed by atoms with van der Waals surface area (Å²) in [6.45, 7) is 6.17. The van der Waals surface area contributed by atoms with E-state index in [-0.39, 0.29) is 11.4 Å². The number of methoxy groups -OCH3 is 2. The number of hydrogen-bond donors (Lipinski definition) is 3. The summed E-state index contributed by atoms with van der Waals surface area (Å²) in [7, 11) is -0.393. The summed E-state index contributed by atoms with van der Waals surface area (Å²) in [6, 6.07) is 6.76. The Hall–Kier alpha value is -1.72. The highest BCUT2D eigenvalue weighted by molar-refractivity contribution is 7.89. The number of sulfonamides is 1. The molecule has 0 heterocycles. The summed E-state index contributed by atoms with van der Waals surface area (Å²) in [5.74, 6) is 0.677. The van der Waals surface area contributed by atoms with E-state index >= 15 is 0 Å². The zero-order chi connectivity index (χ0) is 21.4. The molecule has 9 nitrogen and oxygen atoms in total.